The van der Waals surface area contributed by atoms with Gasteiger partial charge in [-0.1, -0.05) is 46.9 Å². The minimum atomic E-state index is -0.945. The molecule has 0 radical (unpaired) electrons. The maximum absolute atomic E-state index is 13.6. The van der Waals surface area contributed by atoms with Gasteiger partial charge in [0.25, 0.3) is 0 Å². The maximum Gasteiger partial charge on any atom is 0.126 e. The number of halogens is 4. The van der Waals surface area contributed by atoms with E-state index in [0.717, 1.165) is 0 Å². The molecule has 100 valence electrons. The Morgan fingerprint density at radius 2 is 1.84 bits per heavy atom. The Kier molecular flexibility index (Phi) is 4.69. The van der Waals surface area contributed by atoms with Crippen molar-refractivity contribution in [1.29, 1.82) is 0 Å². The van der Waals surface area contributed by atoms with Crippen molar-refractivity contribution in [2.45, 2.75) is 12.5 Å². The molecular weight excluding hydrogens is 310 g/mol. The van der Waals surface area contributed by atoms with E-state index >= 15 is 0 Å². The molecule has 0 aromatic heterocycles. The van der Waals surface area contributed by atoms with E-state index in [-0.39, 0.29) is 11.4 Å². The van der Waals surface area contributed by atoms with Gasteiger partial charge in [-0.2, -0.15) is 0 Å². The van der Waals surface area contributed by atoms with Crippen LogP contribution < -0.4 is 0 Å². The first-order chi connectivity index (χ1) is 8.99. The van der Waals surface area contributed by atoms with Crippen LogP contribution in [0.5, 0.6) is 0 Å². The van der Waals surface area contributed by atoms with E-state index in [0.29, 0.717) is 21.2 Å². The first kappa shape index (κ1) is 14.6. The molecule has 0 bridgehead atoms. The van der Waals surface area contributed by atoms with Gasteiger partial charge in [-0.15, -0.1) is 0 Å². The summed E-state index contributed by atoms with van der Waals surface area (Å²) in [6.07, 6.45) is -0.869. The van der Waals surface area contributed by atoms with Gasteiger partial charge in [0.2, 0.25) is 0 Å². The predicted octanol–water partition coefficient (Wildman–Crippen LogP) is 5.06. The van der Waals surface area contributed by atoms with Crippen molar-refractivity contribution in [3.8, 4) is 0 Å². The molecule has 0 saturated carbocycles. The second-order valence-corrected chi connectivity index (χ2v) is 5.32. The summed E-state index contributed by atoms with van der Waals surface area (Å²) in [5.41, 5.74) is 0.796. The van der Waals surface area contributed by atoms with E-state index < -0.39 is 11.9 Å². The molecule has 0 aliphatic carbocycles. The molecule has 1 unspecified atom stereocenters. The Balaban J connectivity index is 2.28. The summed E-state index contributed by atoms with van der Waals surface area (Å²) < 4.78 is 13.6. The van der Waals surface area contributed by atoms with Gasteiger partial charge in [-0.25, -0.2) is 4.39 Å². The van der Waals surface area contributed by atoms with Crippen molar-refractivity contribution < 1.29 is 9.50 Å². The lowest BCUT2D eigenvalue weighted by Gasteiger charge is -2.14. The second-order valence-electron chi connectivity index (χ2n) is 4.10. The van der Waals surface area contributed by atoms with Crippen molar-refractivity contribution in [3.63, 3.8) is 0 Å². The van der Waals surface area contributed by atoms with Crippen molar-refractivity contribution >= 4 is 34.8 Å². The molecule has 1 atom stereocenters. The molecular formula is C14H10Cl3FO. The summed E-state index contributed by atoms with van der Waals surface area (Å²) in [6, 6.07) is 9.17. The van der Waals surface area contributed by atoms with Crippen molar-refractivity contribution in [3.05, 3.63) is 68.4 Å². The third-order valence-corrected chi connectivity index (χ3v) is 3.83. The highest BCUT2D eigenvalue weighted by Gasteiger charge is 2.16. The molecule has 2 aromatic rings. The van der Waals surface area contributed by atoms with Crippen LogP contribution in [0.3, 0.4) is 0 Å². The fourth-order valence-electron chi connectivity index (χ4n) is 1.80. The van der Waals surface area contributed by atoms with Crippen LogP contribution in [0.25, 0.3) is 0 Å². The quantitative estimate of drug-likeness (QED) is 0.838. The molecule has 1 N–H and O–H groups in total. The fraction of sp³-hybridized carbons (Fsp3) is 0.143. The van der Waals surface area contributed by atoms with Gasteiger partial charge in [0.05, 0.1) is 16.1 Å². The normalized spacial score (nSPS) is 12.5. The Morgan fingerprint density at radius 3 is 2.58 bits per heavy atom. The number of aliphatic hydroxyl groups is 1. The van der Waals surface area contributed by atoms with E-state index in [1.165, 1.54) is 18.2 Å². The zero-order chi connectivity index (χ0) is 14.0. The van der Waals surface area contributed by atoms with Crippen LogP contribution in [0, 0.1) is 5.82 Å². The molecule has 0 heterocycles. The molecule has 2 aromatic carbocycles. The van der Waals surface area contributed by atoms with E-state index in [2.05, 4.69) is 0 Å². The monoisotopic (exact) mass is 318 g/mol. The average molecular weight is 320 g/mol. The molecule has 0 fully saturated rings. The molecule has 0 aliphatic heterocycles. The zero-order valence-electron chi connectivity index (χ0n) is 9.71. The van der Waals surface area contributed by atoms with Crippen LogP contribution in [0.2, 0.25) is 15.1 Å². The van der Waals surface area contributed by atoms with Crippen LogP contribution in [0.4, 0.5) is 4.39 Å². The van der Waals surface area contributed by atoms with Crippen molar-refractivity contribution in [2.75, 3.05) is 0 Å². The summed E-state index contributed by atoms with van der Waals surface area (Å²) >= 11 is 17.7. The molecule has 0 amide bonds. The molecule has 19 heavy (non-hydrogen) atoms. The van der Waals surface area contributed by atoms with E-state index in [1.807, 2.05) is 0 Å². The van der Waals surface area contributed by atoms with Gasteiger partial charge in [-0.3, -0.25) is 0 Å². The SMILES string of the molecule is OC(Cc1cc(Cl)ccc1F)c1cccc(Cl)c1Cl. The van der Waals surface area contributed by atoms with Gasteiger partial charge in [-0.05, 0) is 29.8 Å². The van der Waals surface area contributed by atoms with Crippen LogP contribution >= 0.6 is 34.8 Å². The minimum Gasteiger partial charge on any atom is -0.388 e. The van der Waals surface area contributed by atoms with Crippen LogP contribution in [-0.4, -0.2) is 5.11 Å². The molecule has 0 spiro atoms. The van der Waals surface area contributed by atoms with E-state index in [4.69, 9.17) is 34.8 Å². The highest BCUT2D eigenvalue weighted by molar-refractivity contribution is 6.42. The maximum atomic E-state index is 13.6. The summed E-state index contributed by atoms with van der Waals surface area (Å²) in [6.45, 7) is 0. The summed E-state index contributed by atoms with van der Waals surface area (Å²) in [4.78, 5) is 0. The van der Waals surface area contributed by atoms with Crippen LogP contribution in [0.15, 0.2) is 36.4 Å². The zero-order valence-corrected chi connectivity index (χ0v) is 12.0. The largest absolute Gasteiger partial charge is 0.388 e. The van der Waals surface area contributed by atoms with Crippen LogP contribution in [0.1, 0.15) is 17.2 Å². The Labute approximate surface area is 125 Å². The smallest absolute Gasteiger partial charge is 0.126 e. The predicted molar refractivity (Wildman–Crippen MR) is 76.5 cm³/mol. The molecule has 0 saturated heterocycles. The third-order valence-electron chi connectivity index (χ3n) is 2.76. The molecule has 2 rings (SSSR count). The van der Waals surface area contributed by atoms with Gasteiger partial charge < -0.3 is 5.11 Å². The lowest BCUT2D eigenvalue weighted by Crippen LogP contribution is -2.04. The Morgan fingerprint density at radius 1 is 1.11 bits per heavy atom. The second kappa shape index (κ2) is 6.10. The van der Waals surface area contributed by atoms with Crippen molar-refractivity contribution in [1.82, 2.24) is 0 Å². The van der Waals surface area contributed by atoms with E-state index in [9.17, 15) is 9.50 Å². The highest BCUT2D eigenvalue weighted by atomic mass is 35.5. The van der Waals surface area contributed by atoms with Gasteiger partial charge in [0.15, 0.2) is 0 Å². The summed E-state index contributed by atoms with van der Waals surface area (Å²) in [5, 5.41) is 11.2. The summed E-state index contributed by atoms with van der Waals surface area (Å²) in [7, 11) is 0. The Hall–Kier alpha value is -0.800. The fourth-order valence-corrected chi connectivity index (χ4v) is 2.42. The topological polar surface area (TPSA) is 20.2 Å². The third kappa shape index (κ3) is 3.40. The van der Waals surface area contributed by atoms with Crippen LogP contribution in [-0.2, 0) is 6.42 Å². The number of hydrogen-bond acceptors (Lipinski definition) is 1. The number of benzene rings is 2. The highest BCUT2D eigenvalue weighted by Crippen LogP contribution is 2.32. The minimum absolute atomic E-state index is 0.0758. The number of rotatable bonds is 3. The Bertz CT molecular complexity index is 601. The van der Waals surface area contributed by atoms with Gasteiger partial charge >= 0.3 is 0 Å². The first-order valence-corrected chi connectivity index (χ1v) is 6.68. The number of hydrogen-bond donors (Lipinski definition) is 1. The average Bonchev–Trinajstić information content (AvgIpc) is 2.37. The number of aliphatic hydroxyl groups excluding tert-OH is 1. The standard InChI is InChI=1S/C14H10Cl3FO/c15-9-4-5-12(18)8(6-9)7-13(19)10-2-1-3-11(16)14(10)17/h1-6,13,19H,7H2. The van der Waals surface area contributed by atoms with Crippen molar-refractivity contribution in [2.24, 2.45) is 0 Å². The molecule has 1 nitrogen and oxygen atoms in total. The molecule has 0 aliphatic rings. The summed E-state index contributed by atoms with van der Waals surface area (Å²) in [5.74, 6) is -0.415. The lowest BCUT2D eigenvalue weighted by molar-refractivity contribution is 0.177. The van der Waals surface area contributed by atoms with Gasteiger partial charge in [0.1, 0.15) is 5.82 Å². The van der Waals surface area contributed by atoms with Gasteiger partial charge in [0, 0.05) is 17.0 Å². The van der Waals surface area contributed by atoms with E-state index in [1.54, 1.807) is 18.2 Å². The first-order valence-electron chi connectivity index (χ1n) is 5.55. The molecule has 5 heteroatoms. The lowest BCUT2D eigenvalue weighted by atomic mass is 10.0.